The van der Waals surface area contributed by atoms with E-state index in [1.807, 2.05) is 19.1 Å². The zero-order valence-corrected chi connectivity index (χ0v) is 18.0. The van der Waals surface area contributed by atoms with Crippen molar-refractivity contribution in [2.75, 3.05) is 0 Å². The predicted molar refractivity (Wildman–Crippen MR) is 127 cm³/mol. The number of Topliss-reactive ketones (excluding diaryl/α,β-unsaturated/α-hetero) is 1. The summed E-state index contributed by atoms with van der Waals surface area (Å²) in [4.78, 5) is 12.3. The highest BCUT2D eigenvalue weighted by atomic mass is 35.5. The van der Waals surface area contributed by atoms with Crippen LogP contribution in [-0.4, -0.2) is 5.78 Å². The van der Waals surface area contributed by atoms with Crippen LogP contribution in [0, 0.1) is 0 Å². The summed E-state index contributed by atoms with van der Waals surface area (Å²) < 4.78 is 5.75. The second-order valence-corrected chi connectivity index (χ2v) is 8.18. The van der Waals surface area contributed by atoms with Gasteiger partial charge in [-0.1, -0.05) is 73.3 Å². The summed E-state index contributed by atoms with van der Waals surface area (Å²) in [6.45, 7) is 5.68. The fraction of sp³-hybridized carbons (Fsp3) is 0.0800. The van der Waals surface area contributed by atoms with Gasteiger partial charge in [0.05, 0.1) is 10.7 Å². The Morgan fingerprint density at radius 3 is 2.70 bits per heavy atom. The fourth-order valence-corrected chi connectivity index (χ4v) is 4.06. The number of carbonyl (C=O) groups excluding carboxylic acids is 1. The van der Waals surface area contributed by atoms with Gasteiger partial charge in [0.1, 0.15) is 17.0 Å². The van der Waals surface area contributed by atoms with Crippen molar-refractivity contribution in [3.8, 4) is 5.75 Å². The molecule has 1 N–H and O–H groups in total. The molecule has 1 aliphatic rings. The van der Waals surface area contributed by atoms with Gasteiger partial charge in [0.2, 0.25) is 0 Å². The number of thioether (sulfide) groups is 1. The molecule has 150 valence electrons. The van der Waals surface area contributed by atoms with Crippen LogP contribution in [0.1, 0.15) is 29.3 Å². The molecule has 0 saturated heterocycles. The van der Waals surface area contributed by atoms with Crippen molar-refractivity contribution in [2.45, 2.75) is 13.3 Å². The van der Waals surface area contributed by atoms with Crippen LogP contribution in [0.4, 0.5) is 0 Å². The number of carbonyl (C=O) groups is 1. The normalized spacial score (nSPS) is 14.5. The Kier molecular flexibility index (Phi) is 5.98. The van der Waals surface area contributed by atoms with Crippen LogP contribution in [0.15, 0.2) is 89.5 Å². The predicted octanol–water partition coefficient (Wildman–Crippen LogP) is 7.15. The number of hydrogen-bond acceptors (Lipinski definition) is 4. The first kappa shape index (κ1) is 20.3. The Balaban J connectivity index is 1.44. The molecule has 4 rings (SSSR count). The molecule has 0 unspecified atom stereocenters. The SMILES string of the molecule is C=C(CC)C(=O)c1ccc(OC=C2NC(c3ccc4ccccc4c3)=CS2)cc1Cl. The lowest BCUT2D eigenvalue weighted by Crippen LogP contribution is -2.05. The molecule has 0 saturated carbocycles. The summed E-state index contributed by atoms with van der Waals surface area (Å²) in [5.74, 6) is 0.428. The maximum Gasteiger partial charge on any atom is 0.189 e. The summed E-state index contributed by atoms with van der Waals surface area (Å²) >= 11 is 7.83. The number of ether oxygens (including phenoxy) is 1. The molecular weight excluding hydrogens is 414 g/mol. The zero-order chi connectivity index (χ0) is 21.1. The van der Waals surface area contributed by atoms with E-state index in [1.165, 1.54) is 10.8 Å². The molecule has 0 aromatic heterocycles. The van der Waals surface area contributed by atoms with Gasteiger partial charge in [-0.05, 0) is 46.5 Å². The standard InChI is InChI=1S/C25H20ClNO2S/c1-3-16(2)25(28)21-11-10-20(13-22(21)26)29-14-24-27-23(15-30-24)19-9-8-17-6-4-5-7-18(17)12-19/h4-15,27H,2-3H2,1H3. The molecule has 3 aromatic carbocycles. The summed E-state index contributed by atoms with van der Waals surface area (Å²) in [5, 5.41) is 9.07. The molecule has 1 heterocycles. The maximum absolute atomic E-state index is 12.3. The highest BCUT2D eigenvalue weighted by molar-refractivity contribution is 8.06. The topological polar surface area (TPSA) is 38.3 Å². The molecule has 0 spiro atoms. The van der Waals surface area contributed by atoms with Gasteiger partial charge in [0.15, 0.2) is 5.78 Å². The van der Waals surface area contributed by atoms with Crippen LogP contribution in [0.25, 0.3) is 16.5 Å². The van der Waals surface area contributed by atoms with Gasteiger partial charge in [-0.3, -0.25) is 4.79 Å². The van der Waals surface area contributed by atoms with Crippen LogP contribution in [0.3, 0.4) is 0 Å². The summed E-state index contributed by atoms with van der Waals surface area (Å²) in [5.41, 5.74) is 3.12. The van der Waals surface area contributed by atoms with Crippen LogP contribution in [0.5, 0.6) is 5.75 Å². The number of rotatable bonds is 6. The Bertz CT molecular complexity index is 1210. The average molecular weight is 434 g/mol. The highest BCUT2D eigenvalue weighted by Gasteiger charge is 2.15. The van der Waals surface area contributed by atoms with Crippen molar-refractivity contribution in [2.24, 2.45) is 0 Å². The van der Waals surface area contributed by atoms with Gasteiger partial charge in [0.25, 0.3) is 0 Å². The molecule has 0 bridgehead atoms. The third-order valence-electron chi connectivity index (χ3n) is 4.86. The summed E-state index contributed by atoms with van der Waals surface area (Å²) in [6, 6.07) is 19.7. The molecule has 30 heavy (non-hydrogen) atoms. The minimum absolute atomic E-state index is 0.135. The molecule has 1 aliphatic heterocycles. The number of benzene rings is 3. The van der Waals surface area contributed by atoms with Crippen LogP contribution < -0.4 is 10.1 Å². The van der Waals surface area contributed by atoms with E-state index >= 15 is 0 Å². The first-order valence-electron chi connectivity index (χ1n) is 9.57. The molecule has 0 fully saturated rings. The van der Waals surface area contributed by atoms with Crippen molar-refractivity contribution in [3.63, 3.8) is 0 Å². The van der Waals surface area contributed by atoms with Crippen molar-refractivity contribution in [3.05, 3.63) is 106 Å². The average Bonchev–Trinajstić information content (AvgIpc) is 3.25. The van der Waals surface area contributed by atoms with E-state index in [2.05, 4.69) is 47.6 Å². The molecule has 0 aliphatic carbocycles. The van der Waals surface area contributed by atoms with Crippen LogP contribution in [0.2, 0.25) is 5.02 Å². The molecule has 5 heteroatoms. The van der Waals surface area contributed by atoms with E-state index < -0.39 is 0 Å². The van der Waals surface area contributed by atoms with Crippen molar-refractivity contribution in [1.82, 2.24) is 5.32 Å². The first-order chi connectivity index (χ1) is 14.5. The summed E-state index contributed by atoms with van der Waals surface area (Å²) in [6.07, 6.45) is 2.24. The van der Waals surface area contributed by atoms with Gasteiger partial charge in [-0.15, -0.1) is 0 Å². The van der Waals surface area contributed by atoms with Crippen molar-refractivity contribution in [1.29, 1.82) is 0 Å². The summed E-state index contributed by atoms with van der Waals surface area (Å²) in [7, 11) is 0. The monoisotopic (exact) mass is 433 g/mol. The number of nitrogens with one attached hydrogen (secondary N) is 1. The molecule has 0 radical (unpaired) electrons. The Morgan fingerprint density at radius 1 is 1.13 bits per heavy atom. The second-order valence-electron chi connectivity index (χ2n) is 6.86. The molecule has 3 nitrogen and oxygen atoms in total. The molecule has 0 amide bonds. The molecule has 3 aromatic rings. The van der Waals surface area contributed by atoms with Gasteiger partial charge in [0, 0.05) is 17.0 Å². The third-order valence-corrected chi connectivity index (χ3v) is 5.98. The smallest absolute Gasteiger partial charge is 0.189 e. The number of halogens is 1. The minimum atomic E-state index is -0.135. The Morgan fingerprint density at radius 2 is 1.93 bits per heavy atom. The molecular formula is C25H20ClNO2S. The van der Waals surface area contributed by atoms with E-state index in [9.17, 15) is 4.79 Å². The first-order valence-corrected chi connectivity index (χ1v) is 10.8. The quantitative estimate of drug-likeness (QED) is 0.254. The second kappa shape index (κ2) is 8.82. The highest BCUT2D eigenvalue weighted by Crippen LogP contribution is 2.32. The van der Waals surface area contributed by atoms with E-state index in [-0.39, 0.29) is 5.78 Å². The number of hydrogen-bond donors (Lipinski definition) is 1. The lowest BCUT2D eigenvalue weighted by Gasteiger charge is -2.09. The van der Waals surface area contributed by atoms with Gasteiger partial charge in [-0.25, -0.2) is 0 Å². The molecule has 0 atom stereocenters. The lowest BCUT2D eigenvalue weighted by atomic mass is 10.0. The van der Waals surface area contributed by atoms with E-state index in [1.54, 1.807) is 36.2 Å². The fourth-order valence-electron chi connectivity index (χ4n) is 3.09. The van der Waals surface area contributed by atoms with E-state index in [4.69, 9.17) is 16.3 Å². The van der Waals surface area contributed by atoms with Crippen molar-refractivity contribution >= 4 is 45.6 Å². The van der Waals surface area contributed by atoms with Crippen LogP contribution in [-0.2, 0) is 0 Å². The zero-order valence-electron chi connectivity index (χ0n) is 16.4. The van der Waals surface area contributed by atoms with E-state index in [0.29, 0.717) is 28.3 Å². The van der Waals surface area contributed by atoms with E-state index in [0.717, 1.165) is 16.3 Å². The number of allylic oxidation sites excluding steroid dienone is 1. The Hall–Kier alpha value is -2.95. The van der Waals surface area contributed by atoms with Gasteiger partial charge >= 0.3 is 0 Å². The Labute approximate surface area is 185 Å². The van der Waals surface area contributed by atoms with Crippen LogP contribution >= 0.6 is 23.4 Å². The number of ketones is 1. The lowest BCUT2D eigenvalue weighted by molar-refractivity contribution is 0.103. The largest absolute Gasteiger partial charge is 0.462 e. The van der Waals surface area contributed by atoms with Gasteiger partial charge in [-0.2, -0.15) is 0 Å². The minimum Gasteiger partial charge on any atom is -0.462 e. The van der Waals surface area contributed by atoms with Crippen molar-refractivity contribution < 1.29 is 9.53 Å². The maximum atomic E-state index is 12.3. The third kappa shape index (κ3) is 4.30. The van der Waals surface area contributed by atoms with Gasteiger partial charge < -0.3 is 10.1 Å². The number of fused-ring (bicyclic) bond motifs is 1.